The molecule has 1 heterocycles. The summed E-state index contributed by atoms with van der Waals surface area (Å²) >= 11 is 1.18. The van der Waals surface area contributed by atoms with Crippen LogP contribution in [0.2, 0.25) is 0 Å². The first kappa shape index (κ1) is 20.8. The third-order valence-corrected chi connectivity index (χ3v) is 5.35. The number of ether oxygens (including phenoxy) is 1. The molecule has 0 radical (unpaired) electrons. The number of alkyl halides is 3. The Morgan fingerprint density at radius 3 is 2.59 bits per heavy atom. The Bertz CT molecular complexity index is 1150. The lowest BCUT2D eigenvalue weighted by Gasteiger charge is -2.07. The molecule has 5 nitrogen and oxygen atoms in total. The van der Waals surface area contributed by atoms with Gasteiger partial charge < -0.3 is 9.30 Å². The number of amides is 1. The fourth-order valence-electron chi connectivity index (χ4n) is 2.75. The number of benzene rings is 2. The van der Waals surface area contributed by atoms with E-state index < -0.39 is 23.6 Å². The van der Waals surface area contributed by atoms with Gasteiger partial charge in [-0.3, -0.25) is 9.59 Å². The lowest BCUT2D eigenvalue weighted by Crippen LogP contribution is -2.22. The van der Waals surface area contributed by atoms with E-state index in [1.807, 2.05) is 25.1 Å². The normalized spacial score (nSPS) is 12.4. The summed E-state index contributed by atoms with van der Waals surface area (Å²) in [5.41, 5.74) is 0.647. The van der Waals surface area contributed by atoms with E-state index in [0.717, 1.165) is 34.9 Å². The minimum absolute atomic E-state index is 0.170. The van der Waals surface area contributed by atoms with Crippen molar-refractivity contribution in [2.75, 3.05) is 7.11 Å². The third-order valence-electron chi connectivity index (χ3n) is 4.30. The van der Waals surface area contributed by atoms with Gasteiger partial charge >= 0.3 is 12.1 Å². The van der Waals surface area contributed by atoms with Crippen LogP contribution in [-0.4, -0.2) is 23.6 Å². The zero-order valence-corrected chi connectivity index (χ0v) is 16.4. The number of hydrogen-bond acceptors (Lipinski definition) is 4. The van der Waals surface area contributed by atoms with E-state index in [1.54, 1.807) is 0 Å². The Balaban J connectivity index is 2.12. The fourth-order valence-corrected chi connectivity index (χ4v) is 3.84. The molecule has 152 valence electrons. The Hall–Kier alpha value is -2.94. The van der Waals surface area contributed by atoms with Gasteiger partial charge in [0.15, 0.2) is 4.80 Å². The number of halogens is 3. The van der Waals surface area contributed by atoms with Crippen LogP contribution < -0.4 is 4.80 Å². The smallest absolute Gasteiger partial charge is 0.416 e. The molecule has 0 unspecified atom stereocenters. The highest BCUT2D eigenvalue weighted by atomic mass is 32.1. The first-order valence-electron chi connectivity index (χ1n) is 8.68. The molecule has 0 aliphatic rings. The van der Waals surface area contributed by atoms with Crippen molar-refractivity contribution in [2.45, 2.75) is 26.1 Å². The molecule has 29 heavy (non-hydrogen) atoms. The summed E-state index contributed by atoms with van der Waals surface area (Å²) in [7, 11) is 1.25. The van der Waals surface area contributed by atoms with E-state index in [2.05, 4.69) is 4.99 Å². The summed E-state index contributed by atoms with van der Waals surface area (Å²) in [6.45, 7) is 1.83. The first-order valence-corrected chi connectivity index (χ1v) is 9.50. The maximum absolute atomic E-state index is 12.9. The van der Waals surface area contributed by atoms with Crippen molar-refractivity contribution in [1.29, 1.82) is 0 Å². The van der Waals surface area contributed by atoms with E-state index in [-0.39, 0.29) is 16.9 Å². The van der Waals surface area contributed by atoms with Crippen molar-refractivity contribution in [1.82, 2.24) is 4.57 Å². The topological polar surface area (TPSA) is 60.7 Å². The quantitative estimate of drug-likeness (QED) is 0.592. The van der Waals surface area contributed by atoms with Crippen LogP contribution in [0.5, 0.6) is 0 Å². The Labute approximate surface area is 168 Å². The Morgan fingerprint density at radius 1 is 1.17 bits per heavy atom. The van der Waals surface area contributed by atoms with Crippen LogP contribution in [0.25, 0.3) is 10.2 Å². The van der Waals surface area contributed by atoms with Crippen LogP contribution in [0.15, 0.2) is 47.5 Å². The number of hydrogen-bond donors (Lipinski definition) is 0. The number of thiazole rings is 1. The number of aryl methyl sites for hydroxylation is 1. The lowest BCUT2D eigenvalue weighted by molar-refractivity contribution is -0.141. The number of methoxy groups -OCH3 is 1. The molecule has 2 aromatic carbocycles. The molecule has 0 aliphatic heterocycles. The predicted molar refractivity (Wildman–Crippen MR) is 103 cm³/mol. The number of fused-ring (bicyclic) bond motifs is 1. The van der Waals surface area contributed by atoms with Gasteiger partial charge in [-0.25, -0.2) is 0 Å². The van der Waals surface area contributed by atoms with Gasteiger partial charge in [0, 0.05) is 5.56 Å². The highest BCUT2D eigenvalue weighted by Gasteiger charge is 2.30. The van der Waals surface area contributed by atoms with E-state index in [9.17, 15) is 22.8 Å². The molecule has 0 saturated carbocycles. The standard InChI is InChI=1S/C20H17F3N2O3S/c1-3-12-7-8-15-16(9-12)29-19(25(15)11-17(26)28-2)24-18(27)13-5-4-6-14(10-13)20(21,22)23/h4-10H,3,11H2,1-2H3. The predicted octanol–water partition coefficient (Wildman–Crippen LogP) is 4.20. The van der Waals surface area contributed by atoms with Crippen molar-refractivity contribution in [3.05, 3.63) is 64.0 Å². The van der Waals surface area contributed by atoms with E-state index in [4.69, 9.17) is 4.74 Å². The van der Waals surface area contributed by atoms with Crippen LogP contribution in [0.1, 0.15) is 28.4 Å². The second kappa shape index (κ2) is 8.20. The molecule has 0 bridgehead atoms. The van der Waals surface area contributed by atoms with Gasteiger partial charge in [-0.2, -0.15) is 18.2 Å². The first-order chi connectivity index (χ1) is 13.7. The molecule has 0 saturated heterocycles. The van der Waals surface area contributed by atoms with Crippen LogP contribution >= 0.6 is 11.3 Å². The maximum Gasteiger partial charge on any atom is 0.416 e. The van der Waals surface area contributed by atoms with Crippen molar-refractivity contribution >= 4 is 33.4 Å². The average Bonchev–Trinajstić information content (AvgIpc) is 3.03. The molecule has 3 rings (SSSR count). The highest BCUT2D eigenvalue weighted by molar-refractivity contribution is 7.16. The van der Waals surface area contributed by atoms with Gasteiger partial charge in [0.1, 0.15) is 6.54 Å². The number of carbonyl (C=O) groups is 2. The molecular formula is C20H17F3N2O3S. The summed E-state index contributed by atoms with van der Waals surface area (Å²) in [6, 6.07) is 9.74. The molecule has 1 amide bonds. The summed E-state index contributed by atoms with van der Waals surface area (Å²) < 4.78 is 45.8. The minimum Gasteiger partial charge on any atom is -0.468 e. The van der Waals surface area contributed by atoms with Crippen molar-refractivity contribution in [3.63, 3.8) is 0 Å². The lowest BCUT2D eigenvalue weighted by atomic mass is 10.1. The second-order valence-corrected chi connectivity index (χ2v) is 7.21. The van der Waals surface area contributed by atoms with Crippen LogP contribution in [0.4, 0.5) is 13.2 Å². The third kappa shape index (κ3) is 4.56. The van der Waals surface area contributed by atoms with Crippen LogP contribution in [0, 0.1) is 0 Å². The minimum atomic E-state index is -4.56. The second-order valence-electron chi connectivity index (χ2n) is 6.20. The zero-order chi connectivity index (χ0) is 21.2. The molecule has 0 N–H and O–H groups in total. The summed E-state index contributed by atoms with van der Waals surface area (Å²) in [4.78, 5) is 28.6. The number of esters is 1. The largest absolute Gasteiger partial charge is 0.468 e. The van der Waals surface area contributed by atoms with Crippen molar-refractivity contribution in [3.8, 4) is 0 Å². The maximum atomic E-state index is 12.9. The van der Waals surface area contributed by atoms with Crippen molar-refractivity contribution in [2.24, 2.45) is 4.99 Å². The van der Waals surface area contributed by atoms with Gasteiger partial charge in [0.25, 0.3) is 5.91 Å². The highest BCUT2D eigenvalue weighted by Crippen LogP contribution is 2.29. The molecule has 0 aliphatic carbocycles. The Morgan fingerprint density at radius 2 is 1.93 bits per heavy atom. The van der Waals surface area contributed by atoms with E-state index in [0.29, 0.717) is 5.52 Å². The van der Waals surface area contributed by atoms with Crippen LogP contribution in [-0.2, 0) is 28.7 Å². The van der Waals surface area contributed by atoms with Gasteiger partial charge in [-0.1, -0.05) is 30.4 Å². The monoisotopic (exact) mass is 422 g/mol. The molecule has 3 aromatic rings. The van der Waals surface area contributed by atoms with Gasteiger partial charge in [0.2, 0.25) is 0 Å². The number of nitrogens with zero attached hydrogens (tertiary/aromatic N) is 2. The molecule has 1 aromatic heterocycles. The molecular weight excluding hydrogens is 405 g/mol. The van der Waals surface area contributed by atoms with E-state index in [1.165, 1.54) is 29.1 Å². The summed E-state index contributed by atoms with van der Waals surface area (Å²) in [5.74, 6) is -1.35. The van der Waals surface area contributed by atoms with Crippen LogP contribution in [0.3, 0.4) is 0 Å². The molecule has 0 spiro atoms. The van der Waals surface area contributed by atoms with Gasteiger partial charge in [0.05, 0.1) is 22.9 Å². The average molecular weight is 422 g/mol. The number of carbonyl (C=O) groups excluding carboxylic acids is 2. The fraction of sp³-hybridized carbons (Fsp3) is 0.250. The van der Waals surface area contributed by atoms with Crippen molar-refractivity contribution < 1.29 is 27.5 Å². The summed E-state index contributed by atoms with van der Waals surface area (Å²) in [5, 5.41) is 0. The molecule has 9 heteroatoms. The number of aromatic nitrogens is 1. The summed E-state index contributed by atoms with van der Waals surface area (Å²) in [6.07, 6.45) is -3.75. The zero-order valence-electron chi connectivity index (χ0n) is 15.6. The van der Waals surface area contributed by atoms with E-state index >= 15 is 0 Å². The SMILES string of the molecule is CCc1ccc2c(c1)sc(=NC(=O)c1cccc(C(F)(F)F)c1)n2CC(=O)OC. The van der Waals surface area contributed by atoms with Gasteiger partial charge in [-0.05, 0) is 42.3 Å². The number of rotatable bonds is 4. The Kier molecular flexibility index (Phi) is 5.88. The van der Waals surface area contributed by atoms with Gasteiger partial charge in [-0.15, -0.1) is 0 Å². The molecule has 0 atom stereocenters. The molecule has 0 fully saturated rings.